The number of hydrogen-bond donors (Lipinski definition) is 0. The molecule has 4 rings (SSSR count). The van der Waals surface area contributed by atoms with E-state index in [-0.39, 0.29) is 23.5 Å². The van der Waals surface area contributed by atoms with Crippen LogP contribution in [0.1, 0.15) is 28.2 Å². The summed E-state index contributed by atoms with van der Waals surface area (Å²) < 4.78 is 44.4. The first-order valence-electron chi connectivity index (χ1n) is 9.85. The van der Waals surface area contributed by atoms with Crippen molar-refractivity contribution < 1.29 is 22.8 Å². The Kier molecular flexibility index (Phi) is 4.72. The van der Waals surface area contributed by atoms with Gasteiger partial charge in [0.15, 0.2) is 0 Å². The third-order valence-electron chi connectivity index (χ3n) is 6.13. The van der Waals surface area contributed by atoms with E-state index in [1.165, 1.54) is 20.2 Å². The largest absolute Gasteiger partial charge is 0.397 e. The maximum Gasteiger partial charge on any atom is 0.397 e. The Hall–Kier alpha value is -3.16. The molecule has 2 atom stereocenters. The average molecular weight is 429 g/mol. The lowest BCUT2D eigenvalue weighted by Gasteiger charge is -2.50. The van der Waals surface area contributed by atoms with Crippen molar-refractivity contribution >= 4 is 23.5 Å². The van der Waals surface area contributed by atoms with Crippen LogP contribution in [-0.4, -0.2) is 47.8 Å². The highest BCUT2D eigenvalue weighted by Gasteiger charge is 2.67. The van der Waals surface area contributed by atoms with Crippen LogP contribution in [0, 0.1) is 19.3 Å². The van der Waals surface area contributed by atoms with E-state index in [9.17, 15) is 22.8 Å². The van der Waals surface area contributed by atoms with Crippen LogP contribution in [-0.2, 0) is 11.2 Å². The molecule has 0 aromatic heterocycles. The molecule has 2 aromatic rings. The number of rotatable bonds is 2. The zero-order valence-corrected chi connectivity index (χ0v) is 17.6. The topological polar surface area (TPSA) is 53.0 Å². The number of fused-ring (bicyclic) bond motifs is 2. The fourth-order valence-electron chi connectivity index (χ4n) is 4.89. The fourth-order valence-corrected chi connectivity index (χ4v) is 4.89. The predicted molar refractivity (Wildman–Crippen MR) is 110 cm³/mol. The quantitative estimate of drug-likeness (QED) is 0.692. The number of carbonyl (C=O) groups is 2. The van der Waals surface area contributed by atoms with E-state index in [1.54, 1.807) is 50.2 Å². The number of alkyl halides is 3. The number of hydrogen-bond acceptors (Lipinski definition) is 3. The Bertz CT molecular complexity index is 1110. The van der Waals surface area contributed by atoms with Crippen LogP contribution in [0.15, 0.2) is 47.5 Å². The summed E-state index contributed by atoms with van der Waals surface area (Å²) in [6, 6.07) is 11.0. The Labute approximate surface area is 178 Å². The molecule has 0 radical (unpaired) electrons. The van der Waals surface area contributed by atoms with Gasteiger partial charge in [0.05, 0.1) is 5.69 Å². The van der Waals surface area contributed by atoms with Gasteiger partial charge >= 0.3 is 12.2 Å². The summed E-state index contributed by atoms with van der Waals surface area (Å²) in [5.74, 6) is -3.21. The van der Waals surface area contributed by atoms with Crippen molar-refractivity contribution in [2.24, 2.45) is 10.4 Å². The van der Waals surface area contributed by atoms with Crippen LogP contribution in [0.3, 0.4) is 0 Å². The van der Waals surface area contributed by atoms with Gasteiger partial charge in [-0.3, -0.25) is 14.6 Å². The molecular formula is C23H22F3N3O2. The third kappa shape index (κ3) is 3.04. The first-order chi connectivity index (χ1) is 14.5. The summed E-state index contributed by atoms with van der Waals surface area (Å²) in [5, 5.41) is 0. The number of benzene rings is 2. The predicted octanol–water partition coefficient (Wildman–Crippen LogP) is 4.75. The van der Waals surface area contributed by atoms with Crippen LogP contribution >= 0.6 is 0 Å². The SMILES string of the molecule is Cc1cc(C)c2c(c1)[C@H](C(F)(F)F)[C@]1(Cc3ccccc3)C(=O)N(C)C(=O)N(C)C1=N2. The smallest absolute Gasteiger partial charge is 0.284 e. The summed E-state index contributed by atoms with van der Waals surface area (Å²) in [6.45, 7) is 3.40. The van der Waals surface area contributed by atoms with Crippen LogP contribution in [0.5, 0.6) is 0 Å². The highest BCUT2D eigenvalue weighted by atomic mass is 19.4. The van der Waals surface area contributed by atoms with Crippen LogP contribution in [0.25, 0.3) is 0 Å². The van der Waals surface area contributed by atoms with Gasteiger partial charge in [0.2, 0.25) is 5.91 Å². The fraction of sp³-hybridized carbons (Fsp3) is 0.348. The molecule has 0 spiro atoms. The van der Waals surface area contributed by atoms with Crippen LogP contribution < -0.4 is 0 Å². The first-order valence-corrected chi connectivity index (χ1v) is 9.85. The number of aliphatic imine (C=N–C) groups is 1. The molecule has 2 aliphatic rings. The minimum atomic E-state index is -4.75. The minimum absolute atomic E-state index is 0.0332. The van der Waals surface area contributed by atoms with E-state index in [4.69, 9.17) is 0 Å². The summed E-state index contributed by atoms with van der Waals surface area (Å²) in [6.07, 6.45) is -4.98. The van der Waals surface area contributed by atoms with Crippen molar-refractivity contribution in [3.8, 4) is 0 Å². The molecule has 2 aromatic carbocycles. The monoisotopic (exact) mass is 429 g/mol. The van der Waals surface area contributed by atoms with E-state index in [0.29, 0.717) is 16.7 Å². The molecule has 8 heteroatoms. The minimum Gasteiger partial charge on any atom is -0.284 e. The number of urea groups is 1. The van der Waals surface area contributed by atoms with Gasteiger partial charge in [0.25, 0.3) is 0 Å². The molecule has 0 unspecified atom stereocenters. The molecule has 5 nitrogen and oxygen atoms in total. The molecule has 1 fully saturated rings. The van der Waals surface area contributed by atoms with Gasteiger partial charge in [-0.1, -0.05) is 48.0 Å². The summed E-state index contributed by atoms with van der Waals surface area (Å²) >= 11 is 0. The van der Waals surface area contributed by atoms with Crippen LogP contribution in [0.2, 0.25) is 0 Å². The summed E-state index contributed by atoms with van der Waals surface area (Å²) in [7, 11) is 2.58. The Morgan fingerprint density at radius 2 is 1.68 bits per heavy atom. The summed E-state index contributed by atoms with van der Waals surface area (Å²) in [4.78, 5) is 32.6. The molecule has 162 valence electrons. The molecule has 1 saturated heterocycles. The summed E-state index contributed by atoms with van der Waals surface area (Å²) in [5.41, 5.74) is -0.179. The lowest BCUT2D eigenvalue weighted by Crippen LogP contribution is -2.67. The lowest BCUT2D eigenvalue weighted by molar-refractivity contribution is -0.180. The van der Waals surface area contributed by atoms with Gasteiger partial charge in [0, 0.05) is 14.1 Å². The number of carbonyl (C=O) groups excluding carboxylic acids is 2. The molecule has 0 bridgehead atoms. The van der Waals surface area contributed by atoms with Gasteiger partial charge < -0.3 is 0 Å². The zero-order valence-electron chi connectivity index (χ0n) is 17.6. The zero-order chi connectivity index (χ0) is 22.7. The number of aryl methyl sites for hydroxylation is 2. The molecular weight excluding hydrogens is 407 g/mol. The normalized spacial score (nSPS) is 23.5. The van der Waals surface area contributed by atoms with Crippen molar-refractivity contribution in [1.29, 1.82) is 0 Å². The van der Waals surface area contributed by atoms with Crippen molar-refractivity contribution in [3.05, 3.63) is 64.7 Å². The van der Waals surface area contributed by atoms with E-state index in [0.717, 1.165) is 9.80 Å². The van der Waals surface area contributed by atoms with Gasteiger partial charge in [-0.2, -0.15) is 13.2 Å². The number of nitrogens with zero attached hydrogens (tertiary/aromatic N) is 3. The Balaban J connectivity index is 2.10. The molecule has 0 saturated carbocycles. The number of imide groups is 1. The lowest BCUT2D eigenvalue weighted by atomic mass is 9.63. The molecule has 0 N–H and O–H groups in total. The van der Waals surface area contributed by atoms with Gasteiger partial charge in [-0.15, -0.1) is 0 Å². The number of amides is 3. The maximum atomic E-state index is 14.8. The third-order valence-corrected chi connectivity index (χ3v) is 6.13. The standard InChI is InChI=1S/C23H22F3N3O2/c1-13-10-14(2)17-16(11-13)18(23(24,25)26)22(12-15-8-6-5-7-9-15)19(27-17)28(3)21(31)29(4)20(22)30/h5-11,18H,12H2,1-4H3/t18-,22-/m0/s1. The van der Waals surface area contributed by atoms with Crippen LogP contribution in [0.4, 0.5) is 23.7 Å². The first kappa shape index (κ1) is 21.1. The molecule has 2 aliphatic heterocycles. The Morgan fingerprint density at radius 1 is 1.03 bits per heavy atom. The van der Waals surface area contributed by atoms with Gasteiger partial charge in [-0.25, -0.2) is 9.79 Å². The van der Waals surface area contributed by atoms with Crippen molar-refractivity contribution in [3.63, 3.8) is 0 Å². The second-order valence-corrected chi connectivity index (χ2v) is 8.27. The number of halogens is 3. The highest BCUT2D eigenvalue weighted by Crippen LogP contribution is 2.58. The maximum absolute atomic E-state index is 14.8. The van der Waals surface area contributed by atoms with E-state index < -0.39 is 29.4 Å². The van der Waals surface area contributed by atoms with Gasteiger partial charge in [-0.05, 0) is 37.0 Å². The van der Waals surface area contributed by atoms with E-state index in [1.807, 2.05) is 0 Å². The van der Waals surface area contributed by atoms with Crippen molar-refractivity contribution in [2.45, 2.75) is 32.4 Å². The molecule has 31 heavy (non-hydrogen) atoms. The van der Waals surface area contributed by atoms with Crippen molar-refractivity contribution in [1.82, 2.24) is 9.80 Å². The van der Waals surface area contributed by atoms with E-state index in [2.05, 4.69) is 4.99 Å². The van der Waals surface area contributed by atoms with Gasteiger partial charge in [0.1, 0.15) is 17.2 Å². The van der Waals surface area contributed by atoms with Crippen molar-refractivity contribution in [2.75, 3.05) is 14.1 Å². The molecule has 0 aliphatic carbocycles. The second kappa shape index (κ2) is 6.93. The average Bonchev–Trinajstić information content (AvgIpc) is 2.69. The van der Waals surface area contributed by atoms with E-state index >= 15 is 0 Å². The Morgan fingerprint density at radius 3 is 2.29 bits per heavy atom. The molecule has 2 heterocycles. The highest BCUT2D eigenvalue weighted by molar-refractivity contribution is 6.22. The number of amidine groups is 1. The molecule has 3 amide bonds. The second-order valence-electron chi connectivity index (χ2n) is 8.27.